The third-order valence-corrected chi connectivity index (χ3v) is 4.24. The number of nitrogens with one attached hydrogen (secondary N) is 1. The third-order valence-electron chi connectivity index (χ3n) is 3.89. The average molecular weight is 380 g/mol. The predicted octanol–water partition coefficient (Wildman–Crippen LogP) is 4.44. The van der Waals surface area contributed by atoms with Gasteiger partial charge < -0.3 is 24.3 Å². The third kappa shape index (κ3) is 5.19. The molecule has 0 amide bonds. The zero-order chi connectivity index (χ0) is 18.9. The molecule has 0 unspecified atom stereocenters. The van der Waals surface area contributed by atoms with E-state index in [-0.39, 0.29) is 0 Å². The van der Waals surface area contributed by atoms with E-state index < -0.39 is 0 Å². The fourth-order valence-corrected chi connectivity index (χ4v) is 2.75. The number of halogens is 1. The largest absolute Gasteiger partial charge is 0.493 e. The minimum absolute atomic E-state index is 0.607. The van der Waals surface area contributed by atoms with Crippen molar-refractivity contribution in [2.45, 2.75) is 26.4 Å². The number of benzene rings is 2. The molecule has 0 bridgehead atoms. The van der Waals surface area contributed by atoms with E-state index in [2.05, 4.69) is 12.2 Å². The van der Waals surface area contributed by atoms with E-state index in [0.717, 1.165) is 29.0 Å². The Kier molecular flexibility index (Phi) is 7.88. The van der Waals surface area contributed by atoms with Crippen LogP contribution in [-0.2, 0) is 13.1 Å². The van der Waals surface area contributed by atoms with Crippen LogP contribution in [0.2, 0.25) is 5.02 Å². The Morgan fingerprint density at radius 2 is 1.50 bits per heavy atom. The monoisotopic (exact) mass is 379 g/mol. The molecule has 0 saturated heterocycles. The van der Waals surface area contributed by atoms with Crippen LogP contribution < -0.4 is 24.3 Å². The highest BCUT2D eigenvalue weighted by molar-refractivity contribution is 6.31. The molecule has 2 rings (SSSR count). The first-order valence-electron chi connectivity index (χ1n) is 8.53. The summed E-state index contributed by atoms with van der Waals surface area (Å²) >= 11 is 6.32. The number of hydrogen-bond donors (Lipinski definition) is 1. The van der Waals surface area contributed by atoms with Crippen LogP contribution in [0.5, 0.6) is 23.0 Å². The van der Waals surface area contributed by atoms with Crippen LogP contribution in [-0.4, -0.2) is 27.9 Å². The van der Waals surface area contributed by atoms with Gasteiger partial charge in [0.15, 0.2) is 23.0 Å². The first-order chi connectivity index (χ1) is 12.6. The number of ether oxygens (including phenoxy) is 4. The summed E-state index contributed by atoms with van der Waals surface area (Å²) in [5.41, 5.74) is 2.04. The molecule has 0 fully saturated rings. The van der Waals surface area contributed by atoms with E-state index in [4.69, 9.17) is 30.5 Å². The number of rotatable bonds is 10. The molecular formula is C20H26ClNO4. The molecule has 0 aliphatic rings. The molecule has 0 saturated carbocycles. The Labute approximate surface area is 160 Å². The van der Waals surface area contributed by atoms with Crippen molar-refractivity contribution in [1.29, 1.82) is 0 Å². The van der Waals surface area contributed by atoms with Crippen molar-refractivity contribution < 1.29 is 18.9 Å². The van der Waals surface area contributed by atoms with Crippen LogP contribution in [0, 0.1) is 0 Å². The predicted molar refractivity (Wildman–Crippen MR) is 104 cm³/mol. The van der Waals surface area contributed by atoms with Gasteiger partial charge in [-0.2, -0.15) is 0 Å². The minimum Gasteiger partial charge on any atom is -0.493 e. The van der Waals surface area contributed by atoms with Gasteiger partial charge in [-0.15, -0.1) is 0 Å². The molecule has 0 radical (unpaired) electrons. The Bertz CT molecular complexity index is 721. The average Bonchev–Trinajstić information content (AvgIpc) is 2.67. The van der Waals surface area contributed by atoms with Crippen LogP contribution >= 0.6 is 11.6 Å². The highest BCUT2D eigenvalue weighted by Crippen LogP contribution is 2.33. The molecule has 1 N–H and O–H groups in total. The van der Waals surface area contributed by atoms with Crippen LogP contribution in [0.15, 0.2) is 30.3 Å². The van der Waals surface area contributed by atoms with Gasteiger partial charge in [0.2, 0.25) is 0 Å². The van der Waals surface area contributed by atoms with Gasteiger partial charge >= 0.3 is 0 Å². The smallest absolute Gasteiger partial charge is 0.162 e. The van der Waals surface area contributed by atoms with E-state index in [1.165, 1.54) is 0 Å². The standard InChI is InChI=1S/C20H26ClNO4/c1-5-8-26-17-7-6-14(9-18(17)23-2)12-22-13-15-10-19(24-3)20(25-4)11-16(15)21/h6-7,9-11,22H,5,8,12-13H2,1-4H3. The summed E-state index contributed by atoms with van der Waals surface area (Å²) in [4.78, 5) is 0. The van der Waals surface area contributed by atoms with Gasteiger partial charge in [-0.25, -0.2) is 0 Å². The molecular weight excluding hydrogens is 354 g/mol. The van der Waals surface area contributed by atoms with Crippen LogP contribution in [0.4, 0.5) is 0 Å². The summed E-state index contributed by atoms with van der Waals surface area (Å²) in [6.45, 7) is 4.03. The Balaban J connectivity index is 2.01. The fraction of sp³-hybridized carbons (Fsp3) is 0.400. The van der Waals surface area contributed by atoms with Crippen molar-refractivity contribution >= 4 is 11.6 Å². The first-order valence-corrected chi connectivity index (χ1v) is 8.91. The molecule has 142 valence electrons. The van der Waals surface area contributed by atoms with Crippen LogP contribution in [0.3, 0.4) is 0 Å². The van der Waals surface area contributed by atoms with Crippen LogP contribution in [0.25, 0.3) is 0 Å². The second-order valence-electron chi connectivity index (χ2n) is 5.74. The summed E-state index contributed by atoms with van der Waals surface area (Å²) in [6, 6.07) is 9.59. The van der Waals surface area contributed by atoms with Crippen molar-refractivity contribution in [3.63, 3.8) is 0 Å². The molecule has 5 nitrogen and oxygen atoms in total. The highest BCUT2D eigenvalue weighted by atomic mass is 35.5. The number of methoxy groups -OCH3 is 3. The minimum atomic E-state index is 0.607. The molecule has 6 heteroatoms. The van der Waals surface area contributed by atoms with E-state index in [0.29, 0.717) is 36.2 Å². The summed E-state index contributed by atoms with van der Waals surface area (Å²) in [6.07, 6.45) is 0.957. The van der Waals surface area contributed by atoms with Crippen molar-refractivity contribution in [1.82, 2.24) is 5.32 Å². The molecule has 0 atom stereocenters. The van der Waals surface area contributed by atoms with Gasteiger partial charge in [-0.1, -0.05) is 24.6 Å². The van der Waals surface area contributed by atoms with Crippen molar-refractivity contribution in [2.24, 2.45) is 0 Å². The fourth-order valence-electron chi connectivity index (χ4n) is 2.53. The second-order valence-corrected chi connectivity index (χ2v) is 6.14. The second kappa shape index (κ2) is 10.1. The van der Waals surface area contributed by atoms with Crippen molar-refractivity contribution in [3.05, 3.63) is 46.5 Å². The Morgan fingerprint density at radius 1 is 0.846 bits per heavy atom. The molecule has 0 spiro atoms. The van der Waals surface area contributed by atoms with Crippen LogP contribution in [0.1, 0.15) is 24.5 Å². The van der Waals surface area contributed by atoms with E-state index in [9.17, 15) is 0 Å². The van der Waals surface area contributed by atoms with Gasteiger partial charge in [0.1, 0.15) is 0 Å². The lowest BCUT2D eigenvalue weighted by Gasteiger charge is -2.14. The summed E-state index contributed by atoms with van der Waals surface area (Å²) in [7, 11) is 4.85. The zero-order valence-electron chi connectivity index (χ0n) is 15.7. The van der Waals surface area contributed by atoms with Gasteiger partial charge in [0.25, 0.3) is 0 Å². The summed E-state index contributed by atoms with van der Waals surface area (Å²) in [5.74, 6) is 2.78. The molecule has 2 aromatic rings. The normalized spacial score (nSPS) is 10.5. The Morgan fingerprint density at radius 3 is 2.15 bits per heavy atom. The summed E-state index contributed by atoms with van der Waals surface area (Å²) in [5, 5.41) is 4.02. The van der Waals surface area contributed by atoms with E-state index >= 15 is 0 Å². The van der Waals surface area contributed by atoms with E-state index in [1.807, 2.05) is 24.3 Å². The lowest BCUT2D eigenvalue weighted by Crippen LogP contribution is -2.13. The molecule has 0 aromatic heterocycles. The zero-order valence-corrected chi connectivity index (χ0v) is 16.5. The van der Waals surface area contributed by atoms with Gasteiger partial charge in [0, 0.05) is 24.2 Å². The maximum absolute atomic E-state index is 6.32. The molecule has 0 aliphatic heterocycles. The first kappa shape index (κ1) is 20.2. The maximum atomic E-state index is 6.32. The van der Waals surface area contributed by atoms with Gasteiger partial charge in [0.05, 0.1) is 27.9 Å². The topological polar surface area (TPSA) is 49.0 Å². The SMILES string of the molecule is CCCOc1ccc(CNCc2cc(OC)c(OC)cc2Cl)cc1OC. The quantitative estimate of drug-likeness (QED) is 0.661. The maximum Gasteiger partial charge on any atom is 0.162 e. The lowest BCUT2D eigenvalue weighted by molar-refractivity contribution is 0.294. The summed E-state index contributed by atoms with van der Waals surface area (Å²) < 4.78 is 21.7. The van der Waals surface area contributed by atoms with Gasteiger partial charge in [-0.3, -0.25) is 0 Å². The highest BCUT2D eigenvalue weighted by Gasteiger charge is 2.10. The molecule has 26 heavy (non-hydrogen) atoms. The Hall–Kier alpha value is -2.11. The number of hydrogen-bond acceptors (Lipinski definition) is 5. The molecule has 0 aliphatic carbocycles. The molecule has 0 heterocycles. The van der Waals surface area contributed by atoms with E-state index in [1.54, 1.807) is 27.4 Å². The lowest BCUT2D eigenvalue weighted by atomic mass is 10.1. The van der Waals surface area contributed by atoms with Gasteiger partial charge in [-0.05, 0) is 35.7 Å². The van der Waals surface area contributed by atoms with Crippen molar-refractivity contribution in [2.75, 3.05) is 27.9 Å². The molecule has 2 aromatic carbocycles. The van der Waals surface area contributed by atoms with Crippen molar-refractivity contribution in [3.8, 4) is 23.0 Å².